The predicted octanol–water partition coefficient (Wildman–Crippen LogP) is 8.43. The van der Waals surface area contributed by atoms with Gasteiger partial charge >= 0.3 is 0 Å². The van der Waals surface area contributed by atoms with E-state index in [-0.39, 0.29) is 5.60 Å². The number of unbranched alkanes of at least 4 members (excludes halogenated alkanes) is 12. The van der Waals surface area contributed by atoms with Crippen LogP contribution in [0.15, 0.2) is 36.4 Å². The predicted molar refractivity (Wildman–Crippen MR) is 129 cm³/mol. The van der Waals surface area contributed by atoms with Gasteiger partial charge in [-0.1, -0.05) is 95.1 Å². The second kappa shape index (κ2) is 15.5. The first-order valence-corrected chi connectivity index (χ1v) is 12.7. The Labute approximate surface area is 186 Å². The first kappa shape index (κ1) is 25.0. The summed E-state index contributed by atoms with van der Waals surface area (Å²) in [5, 5.41) is 0. The van der Waals surface area contributed by atoms with Crippen molar-refractivity contribution in [2.45, 2.75) is 116 Å². The molecule has 0 aromatic heterocycles. The Morgan fingerprint density at radius 1 is 0.833 bits per heavy atom. The lowest BCUT2D eigenvalue weighted by molar-refractivity contribution is 0.201. The third kappa shape index (κ3) is 11.8. The van der Waals surface area contributed by atoms with E-state index >= 15 is 0 Å². The minimum Gasteiger partial charge on any atom is -0.490 e. The lowest BCUT2D eigenvalue weighted by atomic mass is 10.0. The van der Waals surface area contributed by atoms with Gasteiger partial charge in [-0.15, -0.1) is 0 Å². The van der Waals surface area contributed by atoms with E-state index in [1.807, 2.05) is 0 Å². The van der Waals surface area contributed by atoms with Gasteiger partial charge in [0.05, 0.1) is 6.61 Å². The summed E-state index contributed by atoms with van der Waals surface area (Å²) in [6.07, 6.45) is 24.9. The van der Waals surface area contributed by atoms with Crippen LogP contribution in [0.25, 0.3) is 0 Å². The largest absolute Gasteiger partial charge is 0.490 e. The molecular weight excluding hydrogens is 368 g/mol. The molecule has 1 aliphatic heterocycles. The van der Waals surface area contributed by atoms with Crippen molar-refractivity contribution in [1.82, 2.24) is 0 Å². The fourth-order valence-electron chi connectivity index (χ4n) is 3.85. The minimum atomic E-state index is -0.0451. The highest BCUT2D eigenvalue weighted by molar-refractivity contribution is 5.33. The highest BCUT2D eigenvalue weighted by Gasteiger charge is 2.40. The van der Waals surface area contributed by atoms with Gasteiger partial charge in [0.25, 0.3) is 0 Å². The Bertz CT molecular complexity index is 574. The van der Waals surface area contributed by atoms with Crippen LogP contribution in [0, 0.1) is 0 Å². The van der Waals surface area contributed by atoms with Crippen molar-refractivity contribution in [3.8, 4) is 5.75 Å². The van der Waals surface area contributed by atoms with E-state index in [1.165, 1.54) is 95.5 Å². The van der Waals surface area contributed by atoms with Gasteiger partial charge in [0, 0.05) is 0 Å². The van der Waals surface area contributed by atoms with Crippen LogP contribution in [-0.2, 0) is 11.2 Å². The van der Waals surface area contributed by atoms with Crippen LogP contribution in [0.5, 0.6) is 5.75 Å². The summed E-state index contributed by atoms with van der Waals surface area (Å²) in [6.45, 7) is 5.88. The van der Waals surface area contributed by atoms with E-state index in [1.54, 1.807) is 0 Å². The Hall–Kier alpha value is -1.28. The van der Waals surface area contributed by atoms with Gasteiger partial charge in [-0.2, -0.15) is 0 Å². The summed E-state index contributed by atoms with van der Waals surface area (Å²) < 4.78 is 11.4. The average molecular weight is 415 g/mol. The van der Waals surface area contributed by atoms with Gasteiger partial charge in [-0.25, -0.2) is 0 Å². The zero-order valence-electron chi connectivity index (χ0n) is 19.8. The molecule has 1 heterocycles. The molecule has 0 bridgehead atoms. The van der Waals surface area contributed by atoms with Crippen molar-refractivity contribution in [3.63, 3.8) is 0 Å². The third-order valence-electron chi connectivity index (χ3n) is 6.10. The first-order chi connectivity index (χ1) is 14.7. The van der Waals surface area contributed by atoms with E-state index in [4.69, 9.17) is 9.47 Å². The SMILES string of the molecule is CCCCCCCC/C=C/CCCCCCCCc1ccccc1OCC1(C)CO1. The maximum absolute atomic E-state index is 6.01. The quantitative estimate of drug-likeness (QED) is 0.129. The molecule has 0 N–H and O–H groups in total. The molecule has 2 rings (SSSR count). The molecule has 30 heavy (non-hydrogen) atoms. The maximum atomic E-state index is 6.01. The number of aryl methyl sites for hydroxylation is 1. The molecule has 1 unspecified atom stereocenters. The topological polar surface area (TPSA) is 21.8 Å². The molecule has 1 aromatic rings. The van der Waals surface area contributed by atoms with Gasteiger partial charge in [-0.05, 0) is 57.1 Å². The molecule has 2 heteroatoms. The number of rotatable bonds is 19. The zero-order valence-corrected chi connectivity index (χ0v) is 19.8. The second-order valence-corrected chi connectivity index (χ2v) is 9.32. The van der Waals surface area contributed by atoms with Crippen LogP contribution in [0.3, 0.4) is 0 Å². The molecule has 2 nitrogen and oxygen atoms in total. The Morgan fingerprint density at radius 2 is 1.40 bits per heavy atom. The van der Waals surface area contributed by atoms with Crippen LogP contribution in [0.4, 0.5) is 0 Å². The summed E-state index contributed by atoms with van der Waals surface area (Å²) in [5.41, 5.74) is 1.30. The van der Waals surface area contributed by atoms with Gasteiger partial charge < -0.3 is 9.47 Å². The Balaban J connectivity index is 1.40. The maximum Gasteiger partial charge on any atom is 0.123 e. The number of allylic oxidation sites excluding steroid dienone is 2. The molecule has 1 atom stereocenters. The van der Waals surface area contributed by atoms with Crippen LogP contribution in [0.1, 0.15) is 109 Å². The zero-order chi connectivity index (χ0) is 21.3. The fourth-order valence-corrected chi connectivity index (χ4v) is 3.85. The molecule has 1 aliphatic rings. The van der Waals surface area contributed by atoms with Gasteiger partial charge in [0.2, 0.25) is 0 Å². The van der Waals surface area contributed by atoms with Crippen molar-refractivity contribution in [3.05, 3.63) is 42.0 Å². The fraction of sp³-hybridized carbons (Fsp3) is 0.714. The Kier molecular flexibility index (Phi) is 12.9. The van der Waals surface area contributed by atoms with Crippen molar-refractivity contribution < 1.29 is 9.47 Å². The molecule has 1 aromatic carbocycles. The summed E-state index contributed by atoms with van der Waals surface area (Å²) in [5.74, 6) is 1.04. The monoisotopic (exact) mass is 414 g/mol. The minimum absolute atomic E-state index is 0.0451. The lowest BCUT2D eigenvalue weighted by Crippen LogP contribution is -2.17. The molecule has 0 saturated carbocycles. The molecular formula is C28H46O2. The first-order valence-electron chi connectivity index (χ1n) is 12.7. The van der Waals surface area contributed by atoms with Crippen LogP contribution < -0.4 is 4.74 Å². The number of epoxide rings is 1. The summed E-state index contributed by atoms with van der Waals surface area (Å²) in [6, 6.07) is 8.50. The van der Waals surface area contributed by atoms with Crippen molar-refractivity contribution >= 4 is 0 Å². The van der Waals surface area contributed by atoms with E-state index in [0.29, 0.717) is 6.61 Å². The number of para-hydroxylation sites is 1. The normalized spacial score (nSPS) is 18.2. The lowest BCUT2D eigenvalue weighted by Gasteiger charge is -2.13. The number of hydrogen-bond donors (Lipinski definition) is 0. The molecule has 0 amide bonds. The average Bonchev–Trinajstić information content (AvgIpc) is 3.50. The molecule has 1 fully saturated rings. The van der Waals surface area contributed by atoms with E-state index in [0.717, 1.165) is 18.8 Å². The third-order valence-corrected chi connectivity index (χ3v) is 6.10. The molecule has 0 spiro atoms. The van der Waals surface area contributed by atoms with Crippen LogP contribution in [0.2, 0.25) is 0 Å². The summed E-state index contributed by atoms with van der Waals surface area (Å²) in [7, 11) is 0. The molecule has 1 saturated heterocycles. The van der Waals surface area contributed by atoms with E-state index in [2.05, 4.69) is 50.3 Å². The smallest absolute Gasteiger partial charge is 0.123 e. The standard InChI is InChI=1S/C28H46O2/c1-3-4-5-6-7-8-9-10-11-12-13-14-15-16-17-18-21-26-22-19-20-23-27(26)29-24-28(2)25-30-28/h10-11,19-20,22-23H,3-9,12-18,21,24-25H2,1-2H3/b11-10+. The van der Waals surface area contributed by atoms with Gasteiger partial charge in [0.15, 0.2) is 0 Å². The molecule has 0 radical (unpaired) electrons. The Morgan fingerprint density at radius 3 is 2.03 bits per heavy atom. The van der Waals surface area contributed by atoms with Crippen molar-refractivity contribution in [2.75, 3.05) is 13.2 Å². The number of ether oxygens (including phenoxy) is 2. The van der Waals surface area contributed by atoms with Crippen molar-refractivity contribution in [2.24, 2.45) is 0 Å². The van der Waals surface area contributed by atoms with E-state index < -0.39 is 0 Å². The highest BCUT2D eigenvalue weighted by atomic mass is 16.6. The van der Waals surface area contributed by atoms with Gasteiger partial charge in [0.1, 0.15) is 18.0 Å². The molecule has 0 aliphatic carbocycles. The second-order valence-electron chi connectivity index (χ2n) is 9.32. The van der Waals surface area contributed by atoms with Crippen LogP contribution >= 0.6 is 0 Å². The van der Waals surface area contributed by atoms with Crippen molar-refractivity contribution in [1.29, 1.82) is 0 Å². The highest BCUT2D eigenvalue weighted by Crippen LogP contribution is 2.28. The van der Waals surface area contributed by atoms with Gasteiger partial charge in [-0.3, -0.25) is 0 Å². The van der Waals surface area contributed by atoms with E-state index in [9.17, 15) is 0 Å². The molecule has 170 valence electrons. The van der Waals surface area contributed by atoms with Crippen LogP contribution in [-0.4, -0.2) is 18.8 Å². The summed E-state index contributed by atoms with van der Waals surface area (Å²) >= 11 is 0. The summed E-state index contributed by atoms with van der Waals surface area (Å²) in [4.78, 5) is 0. The number of hydrogen-bond acceptors (Lipinski definition) is 2. The number of benzene rings is 1.